The molecule has 2 N–H and O–H groups in total. The van der Waals surface area contributed by atoms with Crippen molar-refractivity contribution in [2.24, 2.45) is 0 Å². The number of methoxy groups -OCH3 is 1. The number of aliphatic hydroxyl groups is 1. The maximum atomic E-state index is 9.00. The number of nitrogens with one attached hydrogen (secondary N) is 1. The molecule has 3 heteroatoms. The van der Waals surface area contributed by atoms with Crippen molar-refractivity contribution < 1.29 is 9.84 Å². The van der Waals surface area contributed by atoms with Crippen LogP contribution >= 0.6 is 0 Å². The number of hydrogen-bond donors (Lipinski definition) is 2. The Balaban J connectivity index is 2.30. The third-order valence-corrected chi connectivity index (χ3v) is 1.43. The van der Waals surface area contributed by atoms with Gasteiger partial charge >= 0.3 is 0 Å². The molecule has 0 bridgehead atoms. The molecule has 1 aliphatic heterocycles. The maximum Gasteiger partial charge on any atom is 0.0966 e. The van der Waals surface area contributed by atoms with E-state index in [2.05, 4.69) is 5.32 Å². The van der Waals surface area contributed by atoms with Crippen LogP contribution < -0.4 is 5.32 Å². The van der Waals surface area contributed by atoms with Crippen molar-refractivity contribution in [1.82, 2.24) is 5.32 Å². The highest BCUT2D eigenvalue weighted by molar-refractivity contribution is 4.80. The summed E-state index contributed by atoms with van der Waals surface area (Å²) in [5.41, 5.74) is 0. The standard InChI is InChI=1S/C5H11NO2/c1-8-5-3-6-2-4(5)7/h4-7H,2-3H2,1H3/t4-,5+/m0/s1. The number of aliphatic hydroxyl groups excluding tert-OH is 1. The Bertz CT molecular complexity index is 76.8. The lowest BCUT2D eigenvalue weighted by atomic mass is 10.3. The van der Waals surface area contributed by atoms with Gasteiger partial charge in [-0.05, 0) is 0 Å². The summed E-state index contributed by atoms with van der Waals surface area (Å²) in [4.78, 5) is 0. The zero-order valence-electron chi connectivity index (χ0n) is 4.92. The molecular formula is C5H11NO2. The van der Waals surface area contributed by atoms with Gasteiger partial charge in [0.05, 0.1) is 12.2 Å². The first-order chi connectivity index (χ1) is 3.84. The molecule has 1 heterocycles. The fourth-order valence-electron chi connectivity index (χ4n) is 0.881. The van der Waals surface area contributed by atoms with Crippen LogP contribution in [0.1, 0.15) is 0 Å². The molecule has 0 aliphatic carbocycles. The topological polar surface area (TPSA) is 41.5 Å². The molecule has 0 saturated carbocycles. The van der Waals surface area contributed by atoms with E-state index in [-0.39, 0.29) is 12.2 Å². The highest BCUT2D eigenvalue weighted by Gasteiger charge is 2.23. The second-order valence-corrected chi connectivity index (χ2v) is 2.00. The lowest BCUT2D eigenvalue weighted by molar-refractivity contribution is 0.0217. The fourth-order valence-corrected chi connectivity index (χ4v) is 0.881. The predicted molar refractivity (Wildman–Crippen MR) is 29.7 cm³/mol. The van der Waals surface area contributed by atoms with Gasteiger partial charge in [0.15, 0.2) is 0 Å². The summed E-state index contributed by atoms with van der Waals surface area (Å²) in [5, 5.41) is 12.0. The summed E-state index contributed by atoms with van der Waals surface area (Å²) in [6, 6.07) is 0. The molecule has 1 saturated heterocycles. The molecule has 1 aliphatic rings. The van der Waals surface area contributed by atoms with Crippen LogP contribution in [0.5, 0.6) is 0 Å². The molecular weight excluding hydrogens is 106 g/mol. The van der Waals surface area contributed by atoms with Crippen LogP contribution in [-0.4, -0.2) is 37.5 Å². The number of rotatable bonds is 1. The van der Waals surface area contributed by atoms with Gasteiger partial charge in [0, 0.05) is 20.2 Å². The second kappa shape index (κ2) is 2.44. The van der Waals surface area contributed by atoms with Gasteiger partial charge in [0.1, 0.15) is 0 Å². The summed E-state index contributed by atoms with van der Waals surface area (Å²) in [5.74, 6) is 0. The Labute approximate surface area is 48.7 Å². The smallest absolute Gasteiger partial charge is 0.0966 e. The molecule has 2 atom stereocenters. The molecule has 0 aromatic carbocycles. The largest absolute Gasteiger partial charge is 0.389 e. The summed E-state index contributed by atoms with van der Waals surface area (Å²) < 4.78 is 4.91. The van der Waals surface area contributed by atoms with E-state index in [9.17, 15) is 0 Å². The normalized spacial score (nSPS) is 38.2. The molecule has 48 valence electrons. The number of β-amino-alcohol motifs (C(OH)–C–C–N with tert-alkyl or cyclic N) is 1. The van der Waals surface area contributed by atoms with Crippen molar-refractivity contribution in [1.29, 1.82) is 0 Å². The van der Waals surface area contributed by atoms with Crippen molar-refractivity contribution >= 4 is 0 Å². The van der Waals surface area contributed by atoms with Crippen molar-refractivity contribution in [3.8, 4) is 0 Å². The van der Waals surface area contributed by atoms with Gasteiger partial charge in [0.25, 0.3) is 0 Å². The van der Waals surface area contributed by atoms with E-state index >= 15 is 0 Å². The van der Waals surface area contributed by atoms with Crippen LogP contribution in [0.25, 0.3) is 0 Å². The van der Waals surface area contributed by atoms with E-state index < -0.39 is 0 Å². The Kier molecular flexibility index (Phi) is 1.83. The second-order valence-electron chi connectivity index (χ2n) is 2.00. The highest BCUT2D eigenvalue weighted by atomic mass is 16.5. The molecule has 1 rings (SSSR count). The first-order valence-electron chi connectivity index (χ1n) is 2.76. The van der Waals surface area contributed by atoms with Crippen molar-refractivity contribution in [2.75, 3.05) is 20.2 Å². The molecule has 0 unspecified atom stereocenters. The van der Waals surface area contributed by atoms with Gasteiger partial charge in [-0.3, -0.25) is 0 Å². The molecule has 1 fully saturated rings. The van der Waals surface area contributed by atoms with E-state index in [4.69, 9.17) is 9.84 Å². The lowest BCUT2D eigenvalue weighted by Gasteiger charge is -2.08. The minimum Gasteiger partial charge on any atom is -0.389 e. The van der Waals surface area contributed by atoms with Crippen LogP contribution in [0.4, 0.5) is 0 Å². The summed E-state index contributed by atoms with van der Waals surface area (Å²) in [7, 11) is 1.61. The Morgan fingerprint density at radius 1 is 1.62 bits per heavy atom. The van der Waals surface area contributed by atoms with Crippen LogP contribution in [0, 0.1) is 0 Å². The zero-order chi connectivity index (χ0) is 5.98. The minimum atomic E-state index is -0.306. The van der Waals surface area contributed by atoms with E-state index in [1.54, 1.807) is 7.11 Å². The third-order valence-electron chi connectivity index (χ3n) is 1.43. The Hall–Kier alpha value is -0.120. The summed E-state index contributed by atoms with van der Waals surface area (Å²) in [6.07, 6.45) is -0.296. The first kappa shape index (κ1) is 6.01. The number of ether oxygens (including phenoxy) is 1. The van der Waals surface area contributed by atoms with Gasteiger partial charge in [-0.15, -0.1) is 0 Å². The average molecular weight is 117 g/mol. The van der Waals surface area contributed by atoms with Crippen LogP contribution in [0.3, 0.4) is 0 Å². The zero-order valence-corrected chi connectivity index (χ0v) is 4.92. The third kappa shape index (κ3) is 0.992. The monoisotopic (exact) mass is 117 g/mol. The minimum absolute atomic E-state index is 0.00926. The maximum absolute atomic E-state index is 9.00. The van der Waals surface area contributed by atoms with E-state index in [1.165, 1.54) is 0 Å². The van der Waals surface area contributed by atoms with E-state index in [1.807, 2.05) is 0 Å². The molecule has 8 heavy (non-hydrogen) atoms. The summed E-state index contributed by atoms with van der Waals surface area (Å²) in [6.45, 7) is 1.44. The van der Waals surface area contributed by atoms with Gasteiger partial charge in [-0.2, -0.15) is 0 Å². The quantitative estimate of drug-likeness (QED) is 0.461. The van der Waals surface area contributed by atoms with Crippen LogP contribution in [0.15, 0.2) is 0 Å². The van der Waals surface area contributed by atoms with E-state index in [0.717, 1.165) is 6.54 Å². The van der Waals surface area contributed by atoms with Crippen molar-refractivity contribution in [2.45, 2.75) is 12.2 Å². The van der Waals surface area contributed by atoms with Gasteiger partial charge < -0.3 is 15.2 Å². The van der Waals surface area contributed by atoms with E-state index in [0.29, 0.717) is 6.54 Å². The van der Waals surface area contributed by atoms with Gasteiger partial charge in [0.2, 0.25) is 0 Å². The van der Waals surface area contributed by atoms with Crippen molar-refractivity contribution in [3.05, 3.63) is 0 Å². The van der Waals surface area contributed by atoms with Crippen LogP contribution in [-0.2, 0) is 4.74 Å². The lowest BCUT2D eigenvalue weighted by Crippen LogP contribution is -2.25. The predicted octanol–water partition coefficient (Wildman–Crippen LogP) is -1.03. The highest BCUT2D eigenvalue weighted by Crippen LogP contribution is 2.01. The Morgan fingerprint density at radius 2 is 2.38 bits per heavy atom. The molecule has 0 spiro atoms. The molecule has 0 radical (unpaired) electrons. The van der Waals surface area contributed by atoms with Crippen molar-refractivity contribution in [3.63, 3.8) is 0 Å². The van der Waals surface area contributed by atoms with Gasteiger partial charge in [-0.1, -0.05) is 0 Å². The first-order valence-corrected chi connectivity index (χ1v) is 2.76. The number of hydrogen-bond acceptors (Lipinski definition) is 3. The van der Waals surface area contributed by atoms with Crippen LogP contribution in [0.2, 0.25) is 0 Å². The SMILES string of the molecule is CO[C@@H]1CNC[C@@H]1O. The molecule has 3 nitrogen and oxygen atoms in total. The average Bonchev–Trinajstić information content (AvgIpc) is 2.14. The fraction of sp³-hybridized carbons (Fsp3) is 1.00. The molecule has 0 aromatic heterocycles. The summed E-state index contributed by atoms with van der Waals surface area (Å²) >= 11 is 0. The Morgan fingerprint density at radius 3 is 2.62 bits per heavy atom. The van der Waals surface area contributed by atoms with Gasteiger partial charge in [-0.25, -0.2) is 0 Å². The molecule has 0 aromatic rings. The molecule has 0 amide bonds.